The van der Waals surface area contributed by atoms with E-state index >= 15 is 0 Å². The van der Waals surface area contributed by atoms with E-state index in [1.54, 1.807) is 6.20 Å². The lowest BCUT2D eigenvalue weighted by molar-refractivity contribution is 0.0951. The Hall–Kier alpha value is -1.62. The molecule has 0 unspecified atom stereocenters. The Balaban J connectivity index is 2.12. The van der Waals surface area contributed by atoms with Crippen LogP contribution in [0.3, 0.4) is 0 Å². The maximum atomic E-state index is 11.7. The predicted octanol–water partition coefficient (Wildman–Crippen LogP) is 0.631. The third-order valence-electron chi connectivity index (χ3n) is 3.02. The van der Waals surface area contributed by atoms with Gasteiger partial charge >= 0.3 is 0 Å². The summed E-state index contributed by atoms with van der Waals surface area (Å²) < 4.78 is 0. The van der Waals surface area contributed by atoms with Gasteiger partial charge < -0.3 is 15.5 Å². The van der Waals surface area contributed by atoms with Crippen molar-refractivity contribution >= 4 is 11.6 Å². The number of amides is 1. The molecule has 1 aromatic heterocycles. The second-order valence-electron chi connectivity index (χ2n) is 4.35. The lowest BCUT2D eigenvalue weighted by atomic mass is 10.2. The quantitative estimate of drug-likeness (QED) is 0.824. The van der Waals surface area contributed by atoms with Gasteiger partial charge in [-0.05, 0) is 32.0 Å². The number of nitrogens with zero attached hydrogens (tertiary/aromatic N) is 2. The Bertz CT molecular complexity index is 400. The largest absolute Gasteiger partial charge is 0.370 e. The third-order valence-corrected chi connectivity index (χ3v) is 3.02. The van der Waals surface area contributed by atoms with E-state index in [9.17, 15) is 4.79 Å². The summed E-state index contributed by atoms with van der Waals surface area (Å²) in [7, 11) is 0. The molecule has 1 amide bonds. The van der Waals surface area contributed by atoms with E-state index in [-0.39, 0.29) is 5.91 Å². The van der Waals surface area contributed by atoms with Crippen molar-refractivity contribution in [2.75, 3.05) is 37.6 Å². The van der Waals surface area contributed by atoms with E-state index in [1.165, 1.54) is 0 Å². The Morgan fingerprint density at radius 2 is 2.39 bits per heavy atom. The van der Waals surface area contributed by atoms with Crippen LogP contribution in [0.1, 0.15) is 23.8 Å². The summed E-state index contributed by atoms with van der Waals surface area (Å²) in [4.78, 5) is 18.2. The number of nitrogens with one attached hydrogen (secondary N) is 2. The van der Waals surface area contributed by atoms with E-state index in [0.29, 0.717) is 12.2 Å². The minimum atomic E-state index is -0.104. The van der Waals surface area contributed by atoms with Crippen LogP contribution in [0.2, 0.25) is 0 Å². The molecule has 5 nitrogen and oxygen atoms in total. The van der Waals surface area contributed by atoms with Crippen molar-refractivity contribution in [2.24, 2.45) is 0 Å². The topological polar surface area (TPSA) is 57.3 Å². The van der Waals surface area contributed by atoms with Crippen LogP contribution < -0.4 is 15.5 Å². The Labute approximate surface area is 108 Å². The van der Waals surface area contributed by atoms with Crippen molar-refractivity contribution in [3.63, 3.8) is 0 Å². The minimum absolute atomic E-state index is 0.104. The van der Waals surface area contributed by atoms with Crippen molar-refractivity contribution < 1.29 is 4.79 Å². The molecule has 0 bridgehead atoms. The zero-order chi connectivity index (χ0) is 12.8. The Kier molecular flexibility index (Phi) is 4.52. The fraction of sp³-hybridized carbons (Fsp3) is 0.538. The third kappa shape index (κ3) is 3.20. The molecule has 2 N–H and O–H groups in total. The molecule has 0 atom stereocenters. The van der Waals surface area contributed by atoms with Crippen LogP contribution in [0.25, 0.3) is 0 Å². The smallest absolute Gasteiger partial charge is 0.269 e. The van der Waals surface area contributed by atoms with Gasteiger partial charge in [0.2, 0.25) is 0 Å². The molecule has 1 aliphatic rings. The predicted molar refractivity (Wildman–Crippen MR) is 71.9 cm³/mol. The molecule has 0 spiro atoms. The van der Waals surface area contributed by atoms with Gasteiger partial charge in [-0.15, -0.1) is 0 Å². The molecular weight excluding hydrogens is 228 g/mol. The summed E-state index contributed by atoms with van der Waals surface area (Å²) >= 11 is 0. The van der Waals surface area contributed by atoms with E-state index in [2.05, 4.69) is 20.5 Å². The van der Waals surface area contributed by atoms with Gasteiger partial charge in [-0.3, -0.25) is 9.78 Å². The monoisotopic (exact) mass is 248 g/mol. The van der Waals surface area contributed by atoms with Crippen LogP contribution in [0.15, 0.2) is 18.3 Å². The molecule has 1 aromatic rings. The van der Waals surface area contributed by atoms with Crippen molar-refractivity contribution in [1.82, 2.24) is 15.6 Å². The zero-order valence-corrected chi connectivity index (χ0v) is 10.8. The van der Waals surface area contributed by atoms with Gasteiger partial charge in [0.25, 0.3) is 5.91 Å². The van der Waals surface area contributed by atoms with Crippen molar-refractivity contribution in [1.29, 1.82) is 0 Å². The molecule has 0 aromatic carbocycles. The SMILES string of the molecule is CCNC(=O)c1cc(N2CCCNCC2)ccn1. The minimum Gasteiger partial charge on any atom is -0.370 e. The van der Waals surface area contributed by atoms with Crippen LogP contribution in [-0.4, -0.2) is 43.6 Å². The highest BCUT2D eigenvalue weighted by atomic mass is 16.1. The summed E-state index contributed by atoms with van der Waals surface area (Å²) in [6, 6.07) is 3.84. The first kappa shape index (κ1) is 12.8. The molecule has 1 saturated heterocycles. The molecule has 0 saturated carbocycles. The molecule has 1 aliphatic heterocycles. The molecule has 1 fully saturated rings. The fourth-order valence-electron chi connectivity index (χ4n) is 2.10. The average molecular weight is 248 g/mol. The van der Waals surface area contributed by atoms with Crippen LogP contribution in [0, 0.1) is 0 Å². The first-order valence-corrected chi connectivity index (χ1v) is 6.51. The van der Waals surface area contributed by atoms with Gasteiger partial charge in [-0.2, -0.15) is 0 Å². The number of carbonyl (C=O) groups excluding carboxylic acids is 1. The molecule has 5 heteroatoms. The van der Waals surface area contributed by atoms with E-state index in [4.69, 9.17) is 0 Å². The molecule has 2 heterocycles. The number of pyridine rings is 1. The van der Waals surface area contributed by atoms with Gasteiger partial charge in [-0.1, -0.05) is 0 Å². The summed E-state index contributed by atoms with van der Waals surface area (Å²) in [6.07, 6.45) is 2.83. The van der Waals surface area contributed by atoms with E-state index < -0.39 is 0 Å². The highest BCUT2D eigenvalue weighted by Gasteiger charge is 2.12. The van der Waals surface area contributed by atoms with Gasteiger partial charge in [0, 0.05) is 38.1 Å². The highest BCUT2D eigenvalue weighted by molar-refractivity contribution is 5.93. The van der Waals surface area contributed by atoms with Crippen LogP contribution in [0.5, 0.6) is 0 Å². The molecule has 0 aliphatic carbocycles. The van der Waals surface area contributed by atoms with Crippen molar-refractivity contribution in [2.45, 2.75) is 13.3 Å². The van der Waals surface area contributed by atoms with Gasteiger partial charge in [0.1, 0.15) is 5.69 Å². The Morgan fingerprint density at radius 3 is 3.22 bits per heavy atom. The summed E-state index contributed by atoms with van der Waals surface area (Å²) in [5, 5.41) is 6.14. The molecule has 2 rings (SSSR count). The van der Waals surface area contributed by atoms with Gasteiger partial charge in [0.05, 0.1) is 0 Å². The number of hydrogen-bond acceptors (Lipinski definition) is 4. The van der Waals surface area contributed by atoms with Crippen molar-refractivity contribution in [3.05, 3.63) is 24.0 Å². The normalized spacial score (nSPS) is 16.2. The Morgan fingerprint density at radius 1 is 1.50 bits per heavy atom. The summed E-state index contributed by atoms with van der Waals surface area (Å²) in [6.45, 7) is 6.56. The second-order valence-corrected chi connectivity index (χ2v) is 4.35. The fourth-order valence-corrected chi connectivity index (χ4v) is 2.10. The number of hydrogen-bond donors (Lipinski definition) is 2. The first-order chi connectivity index (χ1) is 8.81. The second kappa shape index (κ2) is 6.35. The molecule has 0 radical (unpaired) electrons. The van der Waals surface area contributed by atoms with Crippen LogP contribution in [-0.2, 0) is 0 Å². The number of aromatic nitrogens is 1. The van der Waals surface area contributed by atoms with Crippen LogP contribution in [0.4, 0.5) is 5.69 Å². The first-order valence-electron chi connectivity index (χ1n) is 6.51. The van der Waals surface area contributed by atoms with Crippen molar-refractivity contribution in [3.8, 4) is 0 Å². The van der Waals surface area contributed by atoms with E-state index in [0.717, 1.165) is 38.3 Å². The maximum absolute atomic E-state index is 11.7. The maximum Gasteiger partial charge on any atom is 0.269 e. The number of carbonyl (C=O) groups is 1. The molecule has 98 valence electrons. The number of rotatable bonds is 3. The standard InChI is InChI=1S/C13H20N4O/c1-2-15-13(18)12-10-11(4-6-16-12)17-8-3-5-14-7-9-17/h4,6,10,14H,2-3,5,7-9H2,1H3,(H,15,18). The van der Waals surface area contributed by atoms with Gasteiger partial charge in [0.15, 0.2) is 0 Å². The zero-order valence-electron chi connectivity index (χ0n) is 10.8. The summed E-state index contributed by atoms with van der Waals surface area (Å²) in [5.74, 6) is -0.104. The molecule has 18 heavy (non-hydrogen) atoms. The highest BCUT2D eigenvalue weighted by Crippen LogP contribution is 2.15. The van der Waals surface area contributed by atoms with E-state index in [1.807, 2.05) is 19.1 Å². The average Bonchev–Trinajstić information content (AvgIpc) is 2.68. The summed E-state index contributed by atoms with van der Waals surface area (Å²) in [5.41, 5.74) is 1.57. The lowest BCUT2D eigenvalue weighted by Gasteiger charge is -2.22. The number of anilines is 1. The van der Waals surface area contributed by atoms with Gasteiger partial charge in [-0.25, -0.2) is 0 Å². The molecular formula is C13H20N4O. The van der Waals surface area contributed by atoms with Crippen LogP contribution >= 0.6 is 0 Å². The lowest BCUT2D eigenvalue weighted by Crippen LogP contribution is -2.29.